The number of nitrogens with zero attached hydrogens (tertiary/aromatic N) is 1. The summed E-state index contributed by atoms with van der Waals surface area (Å²) >= 11 is 1.41. The molecule has 3 rings (SSSR count). The highest BCUT2D eigenvalue weighted by atomic mass is 32.1. The number of nitrogens with one attached hydrogen (secondary N) is 1. The highest BCUT2D eigenvalue weighted by Crippen LogP contribution is 2.40. The van der Waals surface area contributed by atoms with Gasteiger partial charge in [-0.15, -0.1) is 11.3 Å². The van der Waals surface area contributed by atoms with E-state index in [4.69, 9.17) is 0 Å². The summed E-state index contributed by atoms with van der Waals surface area (Å²) in [6.45, 7) is 2.66. The molecule has 1 aliphatic rings. The lowest BCUT2D eigenvalue weighted by Gasteiger charge is -2.24. The van der Waals surface area contributed by atoms with Crippen molar-refractivity contribution in [3.05, 3.63) is 63.1 Å². The first-order valence-electron chi connectivity index (χ1n) is 8.68. The van der Waals surface area contributed by atoms with Gasteiger partial charge >= 0.3 is 0 Å². The molecule has 0 radical (unpaired) electrons. The van der Waals surface area contributed by atoms with E-state index in [1.165, 1.54) is 28.4 Å². The lowest BCUT2D eigenvalue weighted by molar-refractivity contribution is -0.857. The van der Waals surface area contributed by atoms with Crippen molar-refractivity contribution in [3.8, 4) is 0 Å². The maximum atomic E-state index is 14.0. The number of carbonyl (C=O) groups is 2. The Labute approximate surface area is 161 Å². The number of ketones is 1. The molecule has 1 fully saturated rings. The van der Waals surface area contributed by atoms with Gasteiger partial charge in [0.2, 0.25) is 0 Å². The molecule has 0 saturated carbocycles. The molecule has 0 unspecified atom stereocenters. The molecule has 0 spiro atoms. The van der Waals surface area contributed by atoms with Crippen LogP contribution in [0, 0.1) is 12.7 Å². The number of rotatable bonds is 5. The Morgan fingerprint density at radius 1 is 1.30 bits per heavy atom. The summed E-state index contributed by atoms with van der Waals surface area (Å²) in [6, 6.07) is 7.29. The maximum Gasteiger partial charge on any atom is 0.295 e. The smallest absolute Gasteiger partial charge is 0.295 e. The lowest BCUT2D eigenvalue weighted by Crippen LogP contribution is -3.06. The first kappa shape index (κ1) is 19.3. The second kappa shape index (κ2) is 7.62. The molecule has 1 saturated heterocycles. The molecule has 1 aromatic heterocycles. The van der Waals surface area contributed by atoms with Gasteiger partial charge in [0.1, 0.15) is 11.6 Å². The minimum absolute atomic E-state index is 0.0134. The Balaban J connectivity index is 2.12. The number of hydrogen-bond acceptors (Lipinski definition) is 4. The van der Waals surface area contributed by atoms with Crippen LogP contribution in [0.4, 0.5) is 4.39 Å². The zero-order chi connectivity index (χ0) is 19.7. The van der Waals surface area contributed by atoms with Crippen LogP contribution >= 0.6 is 11.3 Å². The van der Waals surface area contributed by atoms with Crippen molar-refractivity contribution in [1.82, 2.24) is 4.90 Å². The van der Waals surface area contributed by atoms with Crippen LogP contribution in [0.15, 0.2) is 41.3 Å². The van der Waals surface area contributed by atoms with Gasteiger partial charge in [-0.3, -0.25) is 9.59 Å². The van der Waals surface area contributed by atoms with Crippen molar-refractivity contribution in [3.63, 3.8) is 0 Å². The molecule has 1 aliphatic heterocycles. The van der Waals surface area contributed by atoms with Gasteiger partial charge in [0.25, 0.3) is 11.7 Å². The molecular formula is C20H22FN2O3S+. The molecule has 0 aliphatic carbocycles. The third kappa shape index (κ3) is 3.65. The number of amides is 1. The number of aryl methyl sites for hydroxylation is 1. The van der Waals surface area contributed by atoms with Gasteiger partial charge < -0.3 is 14.9 Å². The van der Waals surface area contributed by atoms with Crippen LogP contribution in [-0.4, -0.2) is 48.9 Å². The number of thiophene rings is 1. The normalized spacial score (nSPS) is 19.3. The van der Waals surface area contributed by atoms with Crippen LogP contribution in [0.5, 0.6) is 0 Å². The van der Waals surface area contributed by atoms with Crippen molar-refractivity contribution < 1.29 is 24.0 Å². The van der Waals surface area contributed by atoms with E-state index in [2.05, 4.69) is 0 Å². The number of aliphatic hydroxyl groups excluding tert-OH is 1. The first-order chi connectivity index (χ1) is 12.8. The second-order valence-corrected chi connectivity index (χ2v) is 7.91. The Hall–Kier alpha value is -2.51. The summed E-state index contributed by atoms with van der Waals surface area (Å²) in [7, 11) is 3.93. The van der Waals surface area contributed by atoms with E-state index in [0.29, 0.717) is 18.7 Å². The molecule has 2 N–H and O–H groups in total. The van der Waals surface area contributed by atoms with E-state index >= 15 is 0 Å². The standard InChI is InChI=1S/C20H21FN2O3S/c1-12-6-7-13(11-14(12)21)18(24)16-17(15-5-4-10-27-15)23(9-8-22(2)3)20(26)19(16)25/h4-7,10-11,17,24H,8-9H2,1-3H3/p+1/t17-/m0/s1. The summed E-state index contributed by atoms with van der Waals surface area (Å²) in [4.78, 5) is 28.8. The van der Waals surface area contributed by atoms with Crippen molar-refractivity contribution >= 4 is 28.8 Å². The molecule has 2 heterocycles. The van der Waals surface area contributed by atoms with Gasteiger partial charge in [-0.05, 0) is 30.0 Å². The lowest BCUT2D eigenvalue weighted by atomic mass is 9.99. The highest BCUT2D eigenvalue weighted by molar-refractivity contribution is 7.10. The monoisotopic (exact) mass is 389 g/mol. The highest BCUT2D eigenvalue weighted by Gasteiger charge is 2.46. The average molecular weight is 389 g/mol. The van der Waals surface area contributed by atoms with Gasteiger partial charge in [-0.2, -0.15) is 0 Å². The molecule has 142 valence electrons. The van der Waals surface area contributed by atoms with E-state index in [0.717, 1.165) is 9.78 Å². The Bertz CT molecular complexity index is 906. The van der Waals surface area contributed by atoms with Crippen molar-refractivity contribution in [2.24, 2.45) is 0 Å². The second-order valence-electron chi connectivity index (χ2n) is 6.93. The van der Waals surface area contributed by atoms with Crippen LogP contribution in [-0.2, 0) is 9.59 Å². The molecule has 1 atom stereocenters. The fraction of sp³-hybridized carbons (Fsp3) is 0.300. The summed E-state index contributed by atoms with van der Waals surface area (Å²) < 4.78 is 14.0. The zero-order valence-electron chi connectivity index (χ0n) is 15.5. The van der Waals surface area contributed by atoms with Gasteiger partial charge in [0.15, 0.2) is 0 Å². The molecule has 2 aromatic rings. The molecule has 5 nitrogen and oxygen atoms in total. The molecule has 0 bridgehead atoms. The third-order valence-corrected chi connectivity index (χ3v) is 5.58. The number of Topliss-reactive ketones (excluding diaryl/α,β-unsaturated/α-hetero) is 1. The number of benzene rings is 1. The minimum Gasteiger partial charge on any atom is -0.507 e. The average Bonchev–Trinajstić information content (AvgIpc) is 3.23. The molecule has 1 amide bonds. The van der Waals surface area contributed by atoms with Gasteiger partial charge in [0.05, 0.1) is 38.8 Å². The van der Waals surface area contributed by atoms with E-state index in [-0.39, 0.29) is 16.9 Å². The molecule has 7 heteroatoms. The largest absolute Gasteiger partial charge is 0.507 e. The summed E-state index contributed by atoms with van der Waals surface area (Å²) in [6.07, 6.45) is 0. The van der Waals surface area contributed by atoms with Crippen molar-refractivity contribution in [2.75, 3.05) is 27.2 Å². The van der Waals surface area contributed by atoms with E-state index < -0.39 is 23.5 Å². The molecule has 27 heavy (non-hydrogen) atoms. The summed E-state index contributed by atoms with van der Waals surface area (Å²) in [5, 5.41) is 12.7. The van der Waals surface area contributed by atoms with Crippen LogP contribution < -0.4 is 4.90 Å². The van der Waals surface area contributed by atoms with E-state index in [1.54, 1.807) is 13.0 Å². The minimum atomic E-state index is -0.736. The Kier molecular flexibility index (Phi) is 5.43. The molecular weight excluding hydrogens is 367 g/mol. The number of halogens is 1. The fourth-order valence-electron chi connectivity index (χ4n) is 3.09. The first-order valence-corrected chi connectivity index (χ1v) is 9.56. The molecule has 1 aromatic carbocycles. The predicted octanol–water partition coefficient (Wildman–Crippen LogP) is 1.76. The Morgan fingerprint density at radius 2 is 2.04 bits per heavy atom. The van der Waals surface area contributed by atoms with Gasteiger partial charge in [-0.25, -0.2) is 4.39 Å². The zero-order valence-corrected chi connectivity index (χ0v) is 16.3. The van der Waals surface area contributed by atoms with Gasteiger partial charge in [-0.1, -0.05) is 18.2 Å². The van der Waals surface area contributed by atoms with Crippen molar-refractivity contribution in [1.29, 1.82) is 0 Å². The number of likely N-dealkylation sites (tertiary alicyclic amines) is 1. The summed E-state index contributed by atoms with van der Waals surface area (Å²) in [5.41, 5.74) is 0.645. The number of likely N-dealkylation sites (N-methyl/N-ethyl adjacent to an activating group) is 1. The quantitative estimate of drug-likeness (QED) is 0.465. The van der Waals surface area contributed by atoms with Crippen molar-refractivity contribution in [2.45, 2.75) is 13.0 Å². The van der Waals surface area contributed by atoms with Gasteiger partial charge in [0, 0.05) is 10.4 Å². The van der Waals surface area contributed by atoms with E-state index in [1.807, 2.05) is 31.6 Å². The summed E-state index contributed by atoms with van der Waals surface area (Å²) in [5.74, 6) is -2.19. The number of quaternary nitrogens is 1. The Morgan fingerprint density at radius 3 is 2.63 bits per heavy atom. The number of hydrogen-bond donors (Lipinski definition) is 2. The van der Waals surface area contributed by atoms with Crippen LogP contribution in [0.1, 0.15) is 22.0 Å². The fourth-order valence-corrected chi connectivity index (χ4v) is 3.94. The SMILES string of the molecule is Cc1ccc(C(O)=C2C(=O)C(=O)N(CC[NH+](C)C)[C@H]2c2cccs2)cc1F. The third-order valence-electron chi connectivity index (χ3n) is 4.65. The predicted molar refractivity (Wildman–Crippen MR) is 102 cm³/mol. The van der Waals surface area contributed by atoms with Crippen LogP contribution in [0.3, 0.4) is 0 Å². The topological polar surface area (TPSA) is 62.0 Å². The number of aliphatic hydroxyl groups is 1. The number of carbonyl (C=O) groups excluding carboxylic acids is 2. The van der Waals surface area contributed by atoms with Crippen LogP contribution in [0.25, 0.3) is 5.76 Å². The maximum absolute atomic E-state index is 14.0. The van der Waals surface area contributed by atoms with Crippen LogP contribution in [0.2, 0.25) is 0 Å². The van der Waals surface area contributed by atoms with E-state index in [9.17, 15) is 19.1 Å².